The molecule has 0 amide bonds. The van der Waals surface area contributed by atoms with E-state index in [9.17, 15) is 18.5 Å². The molecule has 1 heterocycles. The van der Waals surface area contributed by atoms with Crippen LogP contribution in [0.4, 0.5) is 11.5 Å². The third-order valence-corrected chi connectivity index (χ3v) is 4.99. The van der Waals surface area contributed by atoms with E-state index in [-0.39, 0.29) is 16.3 Å². The van der Waals surface area contributed by atoms with Gasteiger partial charge >= 0.3 is 10.1 Å². The molecule has 0 saturated heterocycles. The number of anilines is 1. The summed E-state index contributed by atoms with van der Waals surface area (Å²) < 4.78 is 29.9. The predicted octanol–water partition coefficient (Wildman–Crippen LogP) is 3.51. The van der Waals surface area contributed by atoms with Crippen LogP contribution in [0.5, 0.6) is 5.75 Å². The summed E-state index contributed by atoms with van der Waals surface area (Å²) >= 11 is 0. The molecule has 29 heavy (non-hydrogen) atoms. The number of hydrazone groups is 1. The second-order valence-corrected chi connectivity index (χ2v) is 7.50. The maximum absolute atomic E-state index is 12.4. The summed E-state index contributed by atoms with van der Waals surface area (Å²) in [6.45, 7) is 1.86. The van der Waals surface area contributed by atoms with E-state index in [1.165, 1.54) is 42.6 Å². The molecule has 0 aliphatic heterocycles. The standard InChI is InChI=1S/C19H16N4O5S/c1-14-5-8-18(9-6-14)29(26,27)28-17-4-2-3-15(11-17)12-21-22-19-10-7-16(13-20-19)23(24)25/h2-13H,1H3,(H,20,22)/b21-12-. The molecule has 10 heteroatoms. The van der Waals surface area contributed by atoms with Crippen LogP contribution in [0.1, 0.15) is 11.1 Å². The van der Waals surface area contributed by atoms with Gasteiger partial charge in [0.25, 0.3) is 5.69 Å². The van der Waals surface area contributed by atoms with Crippen LogP contribution in [0, 0.1) is 17.0 Å². The number of nitrogens with one attached hydrogen (secondary N) is 1. The van der Waals surface area contributed by atoms with Crippen LogP contribution in [0.15, 0.2) is 76.9 Å². The van der Waals surface area contributed by atoms with E-state index in [4.69, 9.17) is 4.18 Å². The summed E-state index contributed by atoms with van der Waals surface area (Å²) in [5.74, 6) is 0.462. The van der Waals surface area contributed by atoms with Crippen LogP contribution in [-0.2, 0) is 10.1 Å². The SMILES string of the molecule is Cc1ccc(S(=O)(=O)Oc2cccc(/C=N\Nc3ccc([N+](=O)[O-])cn3)c2)cc1. The molecule has 0 unspecified atom stereocenters. The van der Waals surface area contributed by atoms with Gasteiger partial charge in [-0.1, -0.05) is 29.8 Å². The predicted molar refractivity (Wildman–Crippen MR) is 108 cm³/mol. The number of hydrogen-bond donors (Lipinski definition) is 1. The lowest BCUT2D eigenvalue weighted by molar-refractivity contribution is -0.385. The highest BCUT2D eigenvalue weighted by molar-refractivity contribution is 7.87. The Morgan fingerprint density at radius 2 is 1.90 bits per heavy atom. The second-order valence-electron chi connectivity index (χ2n) is 5.95. The van der Waals surface area contributed by atoms with E-state index in [1.54, 1.807) is 24.3 Å². The Morgan fingerprint density at radius 1 is 1.14 bits per heavy atom. The van der Waals surface area contributed by atoms with E-state index < -0.39 is 15.0 Å². The van der Waals surface area contributed by atoms with Crippen LogP contribution in [0.3, 0.4) is 0 Å². The largest absolute Gasteiger partial charge is 0.379 e. The summed E-state index contributed by atoms with van der Waals surface area (Å²) in [6.07, 6.45) is 2.55. The average molecular weight is 412 g/mol. The number of aromatic nitrogens is 1. The van der Waals surface area contributed by atoms with Crippen molar-refractivity contribution in [2.75, 3.05) is 5.43 Å². The van der Waals surface area contributed by atoms with Crippen LogP contribution in [-0.4, -0.2) is 24.5 Å². The Bertz CT molecular complexity index is 1140. The van der Waals surface area contributed by atoms with Gasteiger partial charge in [-0.05, 0) is 42.8 Å². The van der Waals surface area contributed by atoms with Crippen molar-refractivity contribution in [3.63, 3.8) is 0 Å². The summed E-state index contributed by atoms with van der Waals surface area (Å²) in [5, 5.41) is 14.6. The molecular formula is C19H16N4O5S. The summed E-state index contributed by atoms with van der Waals surface area (Å²) in [5.41, 5.74) is 4.03. The lowest BCUT2D eigenvalue weighted by atomic mass is 10.2. The Labute approximate surface area is 167 Å². The Morgan fingerprint density at radius 3 is 2.55 bits per heavy atom. The molecule has 148 valence electrons. The zero-order valence-electron chi connectivity index (χ0n) is 15.2. The number of aryl methyl sites for hydroxylation is 1. The maximum Gasteiger partial charge on any atom is 0.339 e. The van der Waals surface area contributed by atoms with E-state index in [2.05, 4.69) is 15.5 Å². The van der Waals surface area contributed by atoms with E-state index >= 15 is 0 Å². The van der Waals surface area contributed by atoms with Crippen molar-refractivity contribution in [3.8, 4) is 5.75 Å². The van der Waals surface area contributed by atoms with E-state index in [1.807, 2.05) is 6.92 Å². The van der Waals surface area contributed by atoms with Gasteiger partial charge in [-0.2, -0.15) is 13.5 Å². The second kappa shape index (κ2) is 8.48. The molecular weight excluding hydrogens is 396 g/mol. The smallest absolute Gasteiger partial charge is 0.339 e. The minimum absolute atomic E-state index is 0.0630. The van der Waals surface area contributed by atoms with Gasteiger partial charge in [-0.3, -0.25) is 15.5 Å². The Hall–Kier alpha value is -3.79. The van der Waals surface area contributed by atoms with Gasteiger partial charge in [0.1, 0.15) is 22.7 Å². The number of nitrogens with zero attached hydrogens (tertiary/aromatic N) is 3. The van der Waals surface area contributed by atoms with Gasteiger partial charge in [-0.25, -0.2) is 4.98 Å². The van der Waals surface area contributed by atoms with Crippen molar-refractivity contribution in [2.24, 2.45) is 5.10 Å². The highest BCUT2D eigenvalue weighted by Gasteiger charge is 2.16. The molecule has 0 fully saturated rings. The lowest BCUT2D eigenvalue weighted by Gasteiger charge is -2.07. The van der Waals surface area contributed by atoms with Crippen LogP contribution < -0.4 is 9.61 Å². The molecule has 0 atom stereocenters. The van der Waals surface area contributed by atoms with Crippen molar-refractivity contribution in [1.29, 1.82) is 0 Å². The molecule has 0 aliphatic rings. The van der Waals surface area contributed by atoms with Crippen LogP contribution in [0.2, 0.25) is 0 Å². The zero-order chi connectivity index (χ0) is 20.9. The Kier molecular flexibility index (Phi) is 5.84. The molecule has 0 radical (unpaired) electrons. The van der Waals surface area contributed by atoms with Gasteiger partial charge in [0.2, 0.25) is 0 Å². The van der Waals surface area contributed by atoms with Gasteiger partial charge < -0.3 is 4.18 Å². The number of rotatable bonds is 7. The van der Waals surface area contributed by atoms with Crippen molar-refractivity contribution in [2.45, 2.75) is 11.8 Å². The molecule has 1 aromatic heterocycles. The maximum atomic E-state index is 12.4. The third-order valence-electron chi connectivity index (χ3n) is 3.73. The van der Waals surface area contributed by atoms with Gasteiger partial charge in [0, 0.05) is 6.07 Å². The zero-order valence-corrected chi connectivity index (χ0v) is 16.0. The lowest BCUT2D eigenvalue weighted by Crippen LogP contribution is -2.09. The van der Waals surface area contributed by atoms with Crippen molar-refractivity contribution >= 4 is 27.8 Å². The minimum Gasteiger partial charge on any atom is -0.379 e. The topological polar surface area (TPSA) is 124 Å². The molecule has 0 saturated carbocycles. The number of nitro groups is 1. The van der Waals surface area contributed by atoms with Crippen molar-refractivity contribution in [3.05, 3.63) is 88.1 Å². The van der Waals surface area contributed by atoms with Gasteiger partial charge in [0.05, 0.1) is 11.1 Å². The van der Waals surface area contributed by atoms with E-state index in [0.717, 1.165) is 11.8 Å². The molecule has 9 nitrogen and oxygen atoms in total. The molecule has 0 bridgehead atoms. The van der Waals surface area contributed by atoms with Gasteiger partial charge in [0.15, 0.2) is 0 Å². The van der Waals surface area contributed by atoms with E-state index in [0.29, 0.717) is 11.4 Å². The molecule has 1 N–H and O–H groups in total. The van der Waals surface area contributed by atoms with Crippen LogP contribution >= 0.6 is 0 Å². The average Bonchev–Trinajstić information content (AvgIpc) is 2.69. The van der Waals surface area contributed by atoms with Crippen molar-refractivity contribution < 1.29 is 17.5 Å². The number of benzene rings is 2. The quantitative estimate of drug-likeness (QED) is 0.272. The molecule has 3 aromatic rings. The first kappa shape index (κ1) is 20.0. The Balaban J connectivity index is 1.68. The third kappa shape index (κ3) is 5.36. The first-order chi connectivity index (χ1) is 13.8. The van der Waals surface area contributed by atoms with Crippen molar-refractivity contribution in [1.82, 2.24) is 4.98 Å². The first-order valence-electron chi connectivity index (χ1n) is 8.34. The van der Waals surface area contributed by atoms with Crippen LogP contribution in [0.25, 0.3) is 0 Å². The number of pyridine rings is 1. The summed E-state index contributed by atoms with van der Waals surface area (Å²) in [6, 6.07) is 15.4. The first-order valence-corrected chi connectivity index (χ1v) is 9.75. The molecule has 0 spiro atoms. The molecule has 2 aromatic carbocycles. The highest BCUT2D eigenvalue weighted by atomic mass is 32.2. The minimum atomic E-state index is -3.95. The highest BCUT2D eigenvalue weighted by Crippen LogP contribution is 2.20. The monoisotopic (exact) mass is 412 g/mol. The molecule has 3 rings (SSSR count). The normalized spacial score (nSPS) is 11.3. The fourth-order valence-electron chi connectivity index (χ4n) is 2.26. The summed E-state index contributed by atoms with van der Waals surface area (Å²) in [7, 11) is -3.95. The molecule has 0 aliphatic carbocycles. The summed E-state index contributed by atoms with van der Waals surface area (Å²) in [4.78, 5) is 14.0. The fourth-order valence-corrected chi connectivity index (χ4v) is 3.18. The van der Waals surface area contributed by atoms with Gasteiger partial charge in [-0.15, -0.1) is 0 Å². The number of hydrogen-bond acceptors (Lipinski definition) is 8. The fraction of sp³-hybridized carbons (Fsp3) is 0.0526.